The molecule has 2 aromatic rings. The van der Waals surface area contributed by atoms with Gasteiger partial charge in [0.15, 0.2) is 5.11 Å². The number of hydrogen-bond donors (Lipinski definition) is 2. The summed E-state index contributed by atoms with van der Waals surface area (Å²) in [6.07, 6.45) is 3.18. The summed E-state index contributed by atoms with van der Waals surface area (Å²) in [6, 6.07) is 12.2. The van der Waals surface area contributed by atoms with E-state index >= 15 is 0 Å². The zero-order valence-electron chi connectivity index (χ0n) is 13.9. The van der Waals surface area contributed by atoms with Gasteiger partial charge in [-0.1, -0.05) is 24.3 Å². The van der Waals surface area contributed by atoms with Gasteiger partial charge in [0.1, 0.15) is 17.3 Å². The Hall–Kier alpha value is -2.21. The lowest BCUT2D eigenvalue weighted by molar-refractivity contribution is 0.591. The molecule has 1 heterocycles. The smallest absolute Gasteiger partial charge is 0.170 e. The fraction of sp³-hybridized carbons (Fsp3) is 0.316. The van der Waals surface area contributed by atoms with Crippen molar-refractivity contribution in [2.45, 2.75) is 19.3 Å². The number of benzene rings is 2. The normalized spacial score (nSPS) is 13.3. The van der Waals surface area contributed by atoms with Gasteiger partial charge in [0.05, 0.1) is 0 Å². The predicted molar refractivity (Wildman–Crippen MR) is 102 cm³/mol. The average Bonchev–Trinajstić information content (AvgIpc) is 2.62. The molecule has 0 aromatic heterocycles. The molecule has 0 amide bonds. The predicted octanol–water partition coefficient (Wildman–Crippen LogP) is 4.09. The second-order valence-electron chi connectivity index (χ2n) is 6.05. The molecule has 0 spiro atoms. The monoisotopic (exact) mass is 361 g/mol. The molecule has 25 heavy (non-hydrogen) atoms. The number of para-hydroxylation sites is 2. The summed E-state index contributed by atoms with van der Waals surface area (Å²) >= 11 is 5.12. The molecule has 3 nitrogen and oxygen atoms in total. The zero-order chi connectivity index (χ0) is 17.6. The first-order valence-electron chi connectivity index (χ1n) is 8.47. The van der Waals surface area contributed by atoms with Crippen LogP contribution in [0.15, 0.2) is 42.5 Å². The van der Waals surface area contributed by atoms with Gasteiger partial charge in [-0.3, -0.25) is 0 Å². The SMILES string of the molecule is Fc1cccc(F)c1NC(=S)NCCCN1CCCc2ccccc21. The molecule has 0 saturated heterocycles. The lowest BCUT2D eigenvalue weighted by atomic mass is 10.0. The van der Waals surface area contributed by atoms with Crippen molar-refractivity contribution in [1.82, 2.24) is 5.32 Å². The number of rotatable bonds is 5. The summed E-state index contributed by atoms with van der Waals surface area (Å²) in [5.74, 6) is -1.32. The average molecular weight is 361 g/mol. The van der Waals surface area contributed by atoms with E-state index in [1.807, 2.05) is 0 Å². The Balaban J connectivity index is 1.45. The highest BCUT2D eigenvalue weighted by Crippen LogP contribution is 2.26. The van der Waals surface area contributed by atoms with E-state index in [4.69, 9.17) is 12.2 Å². The van der Waals surface area contributed by atoms with E-state index in [9.17, 15) is 8.78 Å². The van der Waals surface area contributed by atoms with Crippen LogP contribution in [0.5, 0.6) is 0 Å². The Bertz CT molecular complexity index is 731. The molecule has 3 rings (SSSR count). The zero-order valence-corrected chi connectivity index (χ0v) is 14.7. The lowest BCUT2D eigenvalue weighted by Gasteiger charge is -2.31. The Kier molecular flexibility index (Phi) is 5.81. The molecule has 6 heteroatoms. The van der Waals surface area contributed by atoms with E-state index in [1.165, 1.54) is 29.4 Å². The first-order chi connectivity index (χ1) is 12.1. The maximum Gasteiger partial charge on any atom is 0.170 e. The van der Waals surface area contributed by atoms with Gasteiger partial charge in [0.25, 0.3) is 0 Å². The fourth-order valence-electron chi connectivity index (χ4n) is 3.09. The third kappa shape index (κ3) is 4.45. The van der Waals surface area contributed by atoms with Crippen LogP contribution in [-0.2, 0) is 6.42 Å². The number of aryl methyl sites for hydroxylation is 1. The van der Waals surface area contributed by atoms with Crippen molar-refractivity contribution in [3.05, 3.63) is 59.7 Å². The number of nitrogens with zero attached hydrogens (tertiary/aromatic N) is 1. The van der Waals surface area contributed by atoms with Crippen LogP contribution in [0, 0.1) is 11.6 Å². The van der Waals surface area contributed by atoms with Crippen LogP contribution in [-0.4, -0.2) is 24.7 Å². The van der Waals surface area contributed by atoms with Gasteiger partial charge >= 0.3 is 0 Å². The summed E-state index contributed by atoms with van der Waals surface area (Å²) in [6.45, 7) is 2.61. The third-order valence-corrected chi connectivity index (χ3v) is 4.54. The molecule has 0 aliphatic carbocycles. The number of halogens is 2. The lowest BCUT2D eigenvalue weighted by Crippen LogP contribution is -2.34. The molecular weight excluding hydrogens is 340 g/mol. The van der Waals surface area contributed by atoms with Crippen molar-refractivity contribution in [2.75, 3.05) is 29.9 Å². The van der Waals surface area contributed by atoms with Crippen LogP contribution in [0.25, 0.3) is 0 Å². The summed E-state index contributed by atoms with van der Waals surface area (Å²) in [7, 11) is 0. The second kappa shape index (κ2) is 8.25. The quantitative estimate of drug-likeness (QED) is 0.619. The molecule has 0 unspecified atom stereocenters. The fourth-order valence-corrected chi connectivity index (χ4v) is 3.29. The Labute approximate surface area is 152 Å². The summed E-state index contributed by atoms with van der Waals surface area (Å²) in [5.41, 5.74) is 2.49. The Morgan fingerprint density at radius 2 is 1.84 bits per heavy atom. The highest BCUT2D eigenvalue weighted by molar-refractivity contribution is 7.80. The Morgan fingerprint density at radius 1 is 1.08 bits per heavy atom. The van der Waals surface area contributed by atoms with Crippen LogP contribution in [0.4, 0.5) is 20.2 Å². The van der Waals surface area contributed by atoms with Crippen molar-refractivity contribution in [3.63, 3.8) is 0 Å². The molecule has 1 aliphatic rings. The van der Waals surface area contributed by atoms with Crippen LogP contribution >= 0.6 is 12.2 Å². The molecule has 1 aliphatic heterocycles. The molecule has 0 bridgehead atoms. The molecule has 132 valence electrons. The van der Waals surface area contributed by atoms with Crippen molar-refractivity contribution < 1.29 is 8.78 Å². The molecule has 2 aromatic carbocycles. The van der Waals surface area contributed by atoms with Gasteiger partial charge in [-0.15, -0.1) is 0 Å². The van der Waals surface area contributed by atoms with E-state index in [2.05, 4.69) is 39.8 Å². The minimum atomic E-state index is -0.658. The van der Waals surface area contributed by atoms with E-state index in [0.29, 0.717) is 6.54 Å². The maximum atomic E-state index is 13.6. The minimum absolute atomic E-state index is 0.218. The Morgan fingerprint density at radius 3 is 2.64 bits per heavy atom. The van der Waals surface area contributed by atoms with Crippen LogP contribution in [0.2, 0.25) is 0 Å². The van der Waals surface area contributed by atoms with Gasteiger partial charge in [-0.05, 0) is 55.2 Å². The van der Waals surface area contributed by atoms with E-state index in [0.717, 1.165) is 32.4 Å². The van der Waals surface area contributed by atoms with Gasteiger partial charge in [-0.25, -0.2) is 8.78 Å². The third-order valence-electron chi connectivity index (χ3n) is 4.30. The highest BCUT2D eigenvalue weighted by Gasteiger charge is 2.15. The summed E-state index contributed by atoms with van der Waals surface area (Å²) in [4.78, 5) is 2.38. The van der Waals surface area contributed by atoms with Crippen molar-refractivity contribution in [3.8, 4) is 0 Å². The molecule has 0 radical (unpaired) electrons. The number of nitrogens with one attached hydrogen (secondary N) is 2. The van der Waals surface area contributed by atoms with Crippen molar-refractivity contribution >= 4 is 28.7 Å². The molecule has 0 atom stereocenters. The highest BCUT2D eigenvalue weighted by atomic mass is 32.1. The molecule has 0 fully saturated rings. The topological polar surface area (TPSA) is 27.3 Å². The molecular formula is C19H21F2N3S. The van der Waals surface area contributed by atoms with E-state index in [-0.39, 0.29) is 10.8 Å². The maximum absolute atomic E-state index is 13.6. The van der Waals surface area contributed by atoms with Crippen LogP contribution < -0.4 is 15.5 Å². The number of hydrogen-bond acceptors (Lipinski definition) is 2. The molecule has 2 N–H and O–H groups in total. The number of anilines is 2. The van der Waals surface area contributed by atoms with Gasteiger partial charge in [0, 0.05) is 25.3 Å². The van der Waals surface area contributed by atoms with Gasteiger partial charge in [0.2, 0.25) is 0 Å². The number of thiocarbonyl (C=S) groups is 1. The summed E-state index contributed by atoms with van der Waals surface area (Å²) < 4.78 is 27.2. The van der Waals surface area contributed by atoms with E-state index in [1.54, 1.807) is 0 Å². The minimum Gasteiger partial charge on any atom is -0.371 e. The second-order valence-corrected chi connectivity index (χ2v) is 6.46. The van der Waals surface area contributed by atoms with E-state index < -0.39 is 11.6 Å². The van der Waals surface area contributed by atoms with Crippen LogP contribution in [0.3, 0.4) is 0 Å². The van der Waals surface area contributed by atoms with Gasteiger partial charge < -0.3 is 15.5 Å². The largest absolute Gasteiger partial charge is 0.371 e. The molecule has 0 saturated carbocycles. The van der Waals surface area contributed by atoms with Crippen LogP contribution in [0.1, 0.15) is 18.4 Å². The summed E-state index contributed by atoms with van der Waals surface area (Å²) in [5, 5.41) is 5.82. The van der Waals surface area contributed by atoms with Gasteiger partial charge in [-0.2, -0.15) is 0 Å². The van der Waals surface area contributed by atoms with Crippen molar-refractivity contribution in [1.29, 1.82) is 0 Å². The first kappa shape index (κ1) is 17.6. The number of fused-ring (bicyclic) bond motifs is 1. The van der Waals surface area contributed by atoms with Crippen molar-refractivity contribution in [2.24, 2.45) is 0 Å². The first-order valence-corrected chi connectivity index (χ1v) is 8.87. The standard InChI is InChI=1S/C19H21F2N3S/c20-15-8-3-9-16(21)18(15)23-19(25)22-11-5-13-24-12-4-7-14-6-1-2-10-17(14)24/h1-3,6,8-10H,4-5,7,11-13H2,(H2,22,23,25).